The first-order chi connectivity index (χ1) is 10.5. The highest BCUT2D eigenvalue weighted by molar-refractivity contribution is 9.42. The highest BCUT2D eigenvalue weighted by atomic mass is 33.9. The maximum absolute atomic E-state index is 2.29. The second-order valence-electron chi connectivity index (χ2n) is 4.60. The molecule has 0 fully saturated rings. The average Bonchev–Trinajstić information content (AvgIpc) is 2.50. The Morgan fingerprint density at radius 2 is 1.29 bits per heavy atom. The fraction of sp³-hybridized carbons (Fsp3) is 0.600. The third-order valence-corrected chi connectivity index (χ3v) is 13.4. The van der Waals surface area contributed by atoms with Crippen LogP contribution in [-0.4, -0.2) is 5.75 Å². The van der Waals surface area contributed by atoms with Crippen molar-refractivity contribution in [3.05, 3.63) is 35.8 Å². The topological polar surface area (TPSA) is 0 Å². The molecule has 0 aromatic heterocycles. The van der Waals surface area contributed by atoms with Crippen molar-refractivity contribution in [1.29, 1.82) is 0 Å². The molecule has 1 aliphatic rings. The van der Waals surface area contributed by atoms with Gasteiger partial charge in [0.25, 0.3) is 0 Å². The quantitative estimate of drug-likeness (QED) is 0.373. The van der Waals surface area contributed by atoms with Gasteiger partial charge in [-0.3, -0.25) is 0 Å². The van der Waals surface area contributed by atoms with Crippen LogP contribution >= 0.6 is 60.9 Å². The Hall–Kier alpha value is 1.32. The molecule has 0 unspecified atom stereocenters. The summed E-state index contributed by atoms with van der Waals surface area (Å²) < 4.78 is 0. The first-order valence-corrected chi connectivity index (χ1v) is 15.1. The number of hydrogen-bond acceptors (Lipinski definition) is 6. The van der Waals surface area contributed by atoms with E-state index in [1.165, 1.54) is 57.1 Å². The molecule has 21 heavy (non-hydrogen) atoms. The van der Waals surface area contributed by atoms with Crippen molar-refractivity contribution in [1.82, 2.24) is 0 Å². The summed E-state index contributed by atoms with van der Waals surface area (Å²) in [5, 5.41) is 2.14. The van der Waals surface area contributed by atoms with Gasteiger partial charge < -0.3 is 0 Å². The Morgan fingerprint density at radius 3 is 2.19 bits per heavy atom. The molecule has 0 N–H and O–H groups in total. The zero-order chi connectivity index (χ0) is 14.8. The molecule has 0 amide bonds. The lowest BCUT2D eigenvalue weighted by Crippen LogP contribution is -1.81. The summed E-state index contributed by atoms with van der Waals surface area (Å²) in [5.74, 6) is 1.30. The van der Waals surface area contributed by atoms with E-state index in [0.717, 1.165) is 0 Å². The third kappa shape index (κ3) is 16.0. The molecule has 0 aromatic carbocycles. The molecule has 0 nitrogen and oxygen atoms in total. The molecule has 0 aromatic rings. The first-order valence-electron chi connectivity index (χ1n) is 7.43. The van der Waals surface area contributed by atoms with Crippen molar-refractivity contribution in [2.45, 2.75) is 51.4 Å². The fourth-order valence-electron chi connectivity index (χ4n) is 1.80. The number of allylic oxidation sites excluding steroid dienone is 5. The van der Waals surface area contributed by atoms with E-state index in [1.807, 2.05) is 50.1 Å². The minimum Gasteiger partial charge on any atom is -0.0845 e. The molecular weight excluding hydrogens is 373 g/mol. The van der Waals surface area contributed by atoms with Crippen LogP contribution in [0.2, 0.25) is 0 Å². The van der Waals surface area contributed by atoms with Crippen LogP contribution in [-0.2, 0) is 0 Å². The minimum atomic E-state index is 1.22. The Bertz CT molecular complexity index is 273. The van der Waals surface area contributed by atoms with Crippen molar-refractivity contribution in [3.8, 4) is 0 Å². The van der Waals surface area contributed by atoms with E-state index in [9.17, 15) is 0 Å². The van der Waals surface area contributed by atoms with Crippen LogP contribution < -0.4 is 0 Å². The van der Waals surface area contributed by atoms with Gasteiger partial charge >= 0.3 is 0 Å². The van der Waals surface area contributed by atoms with Crippen LogP contribution in [0.1, 0.15) is 51.4 Å². The van der Waals surface area contributed by atoms with Crippen molar-refractivity contribution in [3.63, 3.8) is 0 Å². The third-order valence-electron chi connectivity index (χ3n) is 2.87. The molecule has 1 aliphatic heterocycles. The van der Waals surface area contributed by atoms with E-state index in [-0.39, 0.29) is 0 Å². The summed E-state index contributed by atoms with van der Waals surface area (Å²) in [7, 11) is 11.3. The van der Waals surface area contributed by atoms with E-state index in [4.69, 9.17) is 0 Å². The standard InChI is InChI=1S/C15H24S6/c1-2-4-6-8-10-12-14-16-18-20-21-19-17-15-13-11-9-7-5-3-1/h4,6,8,10,12,14H,1-3,5,7,9,11,13,15H2/b6-4?,10-8?,14-12-. The van der Waals surface area contributed by atoms with Gasteiger partial charge in [0, 0.05) is 5.75 Å². The van der Waals surface area contributed by atoms with E-state index in [1.54, 1.807) is 10.8 Å². The largest absolute Gasteiger partial charge is 0.0845 e. The van der Waals surface area contributed by atoms with Crippen molar-refractivity contribution >= 4 is 60.9 Å². The monoisotopic (exact) mass is 396 g/mol. The molecule has 0 spiro atoms. The molecule has 0 aliphatic carbocycles. The lowest BCUT2D eigenvalue weighted by Gasteiger charge is -2.01. The van der Waals surface area contributed by atoms with Gasteiger partial charge in [-0.2, -0.15) is 0 Å². The maximum atomic E-state index is 2.29. The molecule has 0 bridgehead atoms. The average molecular weight is 397 g/mol. The van der Waals surface area contributed by atoms with Crippen LogP contribution in [0.15, 0.2) is 35.8 Å². The molecule has 0 radical (unpaired) electrons. The molecule has 6 heteroatoms. The molecule has 0 saturated heterocycles. The Kier molecular flexibility index (Phi) is 17.1. The van der Waals surface area contributed by atoms with Gasteiger partial charge in [-0.25, -0.2) is 0 Å². The van der Waals surface area contributed by atoms with Crippen molar-refractivity contribution in [2.24, 2.45) is 0 Å². The van der Waals surface area contributed by atoms with Crippen LogP contribution in [0, 0.1) is 0 Å². The number of hydrogen-bond donors (Lipinski definition) is 0. The van der Waals surface area contributed by atoms with Crippen molar-refractivity contribution in [2.75, 3.05) is 5.75 Å². The summed E-state index contributed by atoms with van der Waals surface area (Å²) in [6, 6.07) is 0. The van der Waals surface area contributed by atoms with Gasteiger partial charge in [0.05, 0.1) is 0 Å². The second kappa shape index (κ2) is 17.7. The highest BCUT2D eigenvalue weighted by Crippen LogP contribution is 2.52. The Morgan fingerprint density at radius 1 is 0.571 bits per heavy atom. The number of rotatable bonds is 0. The van der Waals surface area contributed by atoms with Crippen LogP contribution in [0.25, 0.3) is 0 Å². The molecule has 0 saturated carbocycles. The second-order valence-corrected chi connectivity index (χ2v) is 14.1. The Balaban J connectivity index is 2.17. The predicted molar refractivity (Wildman–Crippen MR) is 115 cm³/mol. The minimum absolute atomic E-state index is 1.22. The summed E-state index contributed by atoms with van der Waals surface area (Å²) >= 11 is 0. The fourth-order valence-corrected chi connectivity index (χ4v) is 12.6. The summed E-state index contributed by atoms with van der Waals surface area (Å²) in [6.07, 6.45) is 21.8. The van der Waals surface area contributed by atoms with Gasteiger partial charge in [0.15, 0.2) is 0 Å². The lowest BCUT2D eigenvalue weighted by atomic mass is 10.1. The van der Waals surface area contributed by atoms with Gasteiger partial charge in [0.2, 0.25) is 0 Å². The lowest BCUT2D eigenvalue weighted by molar-refractivity contribution is 0.593. The Labute approximate surface area is 153 Å². The predicted octanol–water partition coefficient (Wildman–Crippen LogP) is 8.72. The van der Waals surface area contributed by atoms with Gasteiger partial charge in [-0.15, -0.1) is 0 Å². The van der Waals surface area contributed by atoms with Gasteiger partial charge in [-0.1, -0.05) is 84.1 Å². The zero-order valence-corrected chi connectivity index (χ0v) is 17.2. The van der Waals surface area contributed by atoms with Gasteiger partial charge in [0.1, 0.15) is 0 Å². The summed E-state index contributed by atoms with van der Waals surface area (Å²) in [5.41, 5.74) is 0. The summed E-state index contributed by atoms with van der Waals surface area (Å²) in [6.45, 7) is 0. The van der Waals surface area contributed by atoms with Crippen LogP contribution in [0.4, 0.5) is 0 Å². The van der Waals surface area contributed by atoms with Crippen LogP contribution in [0.3, 0.4) is 0 Å². The molecule has 0 atom stereocenters. The maximum Gasteiger partial charge on any atom is 0.00454 e. The molecule has 120 valence electrons. The van der Waals surface area contributed by atoms with E-state index >= 15 is 0 Å². The molecule has 1 heterocycles. The normalized spacial score (nSPS) is 23.2. The van der Waals surface area contributed by atoms with E-state index in [0.29, 0.717) is 0 Å². The zero-order valence-electron chi connectivity index (χ0n) is 12.3. The summed E-state index contributed by atoms with van der Waals surface area (Å²) in [4.78, 5) is 0. The molecule has 1 rings (SSSR count). The van der Waals surface area contributed by atoms with Crippen molar-refractivity contribution < 1.29 is 0 Å². The van der Waals surface area contributed by atoms with E-state index < -0.39 is 0 Å². The van der Waals surface area contributed by atoms with Gasteiger partial charge in [-0.05, 0) is 64.0 Å². The van der Waals surface area contributed by atoms with E-state index in [2.05, 4.69) is 35.8 Å². The highest BCUT2D eigenvalue weighted by Gasteiger charge is 1.95. The smallest absolute Gasteiger partial charge is 0.00454 e. The first kappa shape index (κ1) is 20.4. The molecular formula is C15H24S6. The SMILES string of the molecule is C1=C/C=C\SSSSSSCCCCCCCCCC=C1. The van der Waals surface area contributed by atoms with Crippen LogP contribution in [0.5, 0.6) is 0 Å².